The van der Waals surface area contributed by atoms with Gasteiger partial charge in [-0.15, -0.1) is 0 Å². The van der Waals surface area contributed by atoms with Gasteiger partial charge in [0.1, 0.15) is 6.61 Å². The SMILES string of the molecule is C=CC(=O)OCC=CCN. The first kappa shape index (κ1) is 8.91. The Bertz CT molecular complexity index is 141. The van der Waals surface area contributed by atoms with E-state index in [4.69, 9.17) is 5.73 Å². The molecule has 0 radical (unpaired) electrons. The van der Waals surface area contributed by atoms with Crippen molar-refractivity contribution in [1.29, 1.82) is 0 Å². The van der Waals surface area contributed by atoms with Crippen LogP contribution in [0.5, 0.6) is 0 Å². The minimum absolute atomic E-state index is 0.266. The lowest BCUT2D eigenvalue weighted by Crippen LogP contribution is -2.00. The average Bonchev–Trinajstić information content (AvgIpc) is 1.98. The number of hydrogen-bond donors (Lipinski definition) is 1. The Morgan fingerprint density at radius 3 is 2.80 bits per heavy atom. The Morgan fingerprint density at radius 2 is 2.30 bits per heavy atom. The second-order valence-corrected chi connectivity index (χ2v) is 1.54. The van der Waals surface area contributed by atoms with E-state index in [0.717, 1.165) is 6.08 Å². The molecule has 10 heavy (non-hydrogen) atoms. The van der Waals surface area contributed by atoms with E-state index in [0.29, 0.717) is 6.54 Å². The predicted molar refractivity (Wildman–Crippen MR) is 39.4 cm³/mol. The van der Waals surface area contributed by atoms with Crippen LogP contribution in [0.25, 0.3) is 0 Å². The van der Waals surface area contributed by atoms with Crippen LogP contribution in [0.4, 0.5) is 0 Å². The van der Waals surface area contributed by atoms with Gasteiger partial charge in [-0.25, -0.2) is 4.79 Å². The Labute approximate surface area is 60.2 Å². The minimum atomic E-state index is -0.415. The molecule has 0 spiro atoms. The van der Waals surface area contributed by atoms with E-state index < -0.39 is 5.97 Å². The van der Waals surface area contributed by atoms with Gasteiger partial charge in [0.05, 0.1) is 0 Å². The zero-order valence-corrected chi connectivity index (χ0v) is 5.75. The van der Waals surface area contributed by atoms with Crippen LogP contribution in [-0.4, -0.2) is 19.1 Å². The molecule has 0 bridgehead atoms. The molecule has 0 aromatic heterocycles. The number of carbonyl (C=O) groups excluding carboxylic acids is 1. The highest BCUT2D eigenvalue weighted by Gasteiger charge is 1.88. The van der Waals surface area contributed by atoms with E-state index in [1.165, 1.54) is 0 Å². The van der Waals surface area contributed by atoms with Crippen molar-refractivity contribution < 1.29 is 9.53 Å². The zero-order chi connectivity index (χ0) is 7.82. The van der Waals surface area contributed by atoms with Crippen LogP contribution in [0.1, 0.15) is 0 Å². The molecule has 0 aromatic carbocycles. The first-order chi connectivity index (χ1) is 4.81. The van der Waals surface area contributed by atoms with E-state index >= 15 is 0 Å². The maximum absolute atomic E-state index is 10.4. The van der Waals surface area contributed by atoms with Gasteiger partial charge in [0.15, 0.2) is 0 Å². The molecule has 0 amide bonds. The Morgan fingerprint density at radius 1 is 1.60 bits per heavy atom. The van der Waals surface area contributed by atoms with Crippen LogP contribution in [0, 0.1) is 0 Å². The van der Waals surface area contributed by atoms with Crippen LogP contribution in [-0.2, 0) is 9.53 Å². The van der Waals surface area contributed by atoms with Crippen molar-refractivity contribution >= 4 is 5.97 Å². The van der Waals surface area contributed by atoms with Crippen molar-refractivity contribution in [3.05, 3.63) is 24.8 Å². The maximum Gasteiger partial charge on any atom is 0.330 e. The van der Waals surface area contributed by atoms with Gasteiger partial charge in [0.2, 0.25) is 0 Å². The summed E-state index contributed by atoms with van der Waals surface area (Å²) < 4.78 is 4.59. The molecule has 0 saturated heterocycles. The normalized spacial score (nSPS) is 9.70. The highest BCUT2D eigenvalue weighted by atomic mass is 16.5. The van der Waals surface area contributed by atoms with Crippen LogP contribution in [0.2, 0.25) is 0 Å². The summed E-state index contributed by atoms with van der Waals surface area (Å²) >= 11 is 0. The third kappa shape index (κ3) is 5.05. The van der Waals surface area contributed by atoms with E-state index in [1.54, 1.807) is 12.2 Å². The molecule has 2 N–H and O–H groups in total. The van der Waals surface area contributed by atoms with Crippen molar-refractivity contribution in [3.63, 3.8) is 0 Å². The van der Waals surface area contributed by atoms with Gasteiger partial charge in [0.25, 0.3) is 0 Å². The van der Waals surface area contributed by atoms with E-state index in [-0.39, 0.29) is 6.61 Å². The smallest absolute Gasteiger partial charge is 0.330 e. The molecule has 0 fully saturated rings. The van der Waals surface area contributed by atoms with Crippen molar-refractivity contribution in [1.82, 2.24) is 0 Å². The molecule has 0 aliphatic heterocycles. The van der Waals surface area contributed by atoms with Gasteiger partial charge in [-0.3, -0.25) is 0 Å². The van der Waals surface area contributed by atoms with Crippen molar-refractivity contribution in [2.75, 3.05) is 13.2 Å². The predicted octanol–water partition coefficient (Wildman–Crippen LogP) is 0.231. The topological polar surface area (TPSA) is 52.3 Å². The summed E-state index contributed by atoms with van der Waals surface area (Å²) in [5.74, 6) is -0.415. The molecule has 3 nitrogen and oxygen atoms in total. The first-order valence-electron chi connectivity index (χ1n) is 2.95. The van der Waals surface area contributed by atoms with Gasteiger partial charge in [-0.1, -0.05) is 12.7 Å². The van der Waals surface area contributed by atoms with Crippen LogP contribution in [0.15, 0.2) is 24.8 Å². The van der Waals surface area contributed by atoms with Gasteiger partial charge in [-0.2, -0.15) is 0 Å². The summed E-state index contributed by atoms with van der Waals surface area (Å²) in [7, 11) is 0. The van der Waals surface area contributed by atoms with E-state index in [1.807, 2.05) is 0 Å². The Kier molecular flexibility index (Phi) is 5.38. The molecule has 0 heterocycles. The third-order valence-corrected chi connectivity index (χ3v) is 0.791. The highest BCUT2D eigenvalue weighted by molar-refractivity contribution is 5.81. The molecule has 0 rings (SSSR count). The number of hydrogen-bond acceptors (Lipinski definition) is 3. The lowest BCUT2D eigenvalue weighted by molar-refractivity contribution is -0.136. The lowest BCUT2D eigenvalue weighted by atomic mass is 10.5. The number of esters is 1. The largest absolute Gasteiger partial charge is 0.458 e. The quantitative estimate of drug-likeness (QED) is 0.346. The molecular formula is C7H11NO2. The summed E-state index contributed by atoms with van der Waals surface area (Å²) in [5.41, 5.74) is 5.13. The first-order valence-corrected chi connectivity index (χ1v) is 2.95. The minimum Gasteiger partial charge on any atom is -0.458 e. The highest BCUT2D eigenvalue weighted by Crippen LogP contribution is 1.79. The van der Waals surface area contributed by atoms with E-state index in [2.05, 4.69) is 11.3 Å². The molecule has 0 saturated carbocycles. The number of rotatable bonds is 4. The summed E-state index contributed by atoms with van der Waals surface area (Å²) in [5, 5.41) is 0. The molecule has 0 aromatic rings. The van der Waals surface area contributed by atoms with Crippen LogP contribution in [0.3, 0.4) is 0 Å². The Balaban J connectivity index is 3.27. The summed E-state index contributed by atoms with van der Waals surface area (Å²) in [6.07, 6.45) is 4.52. The molecular weight excluding hydrogens is 130 g/mol. The van der Waals surface area contributed by atoms with E-state index in [9.17, 15) is 4.79 Å². The van der Waals surface area contributed by atoms with Gasteiger partial charge < -0.3 is 10.5 Å². The van der Waals surface area contributed by atoms with Crippen LogP contribution >= 0.6 is 0 Å². The van der Waals surface area contributed by atoms with Gasteiger partial charge >= 0.3 is 5.97 Å². The monoisotopic (exact) mass is 141 g/mol. The van der Waals surface area contributed by atoms with Crippen molar-refractivity contribution in [2.24, 2.45) is 5.73 Å². The van der Waals surface area contributed by atoms with Gasteiger partial charge in [-0.05, 0) is 6.08 Å². The van der Waals surface area contributed by atoms with Crippen LogP contribution < -0.4 is 5.73 Å². The lowest BCUT2D eigenvalue weighted by Gasteiger charge is -1.93. The third-order valence-electron chi connectivity index (χ3n) is 0.791. The number of carbonyl (C=O) groups is 1. The summed E-state index contributed by atoms with van der Waals surface area (Å²) in [6.45, 7) is 3.97. The fourth-order valence-corrected chi connectivity index (χ4v) is 0.353. The number of ether oxygens (including phenoxy) is 1. The molecule has 0 unspecified atom stereocenters. The standard InChI is InChI=1S/C7H11NO2/c1-2-7(9)10-6-4-3-5-8/h2-4H,1,5-6,8H2. The molecule has 3 heteroatoms. The van der Waals surface area contributed by atoms with Crippen molar-refractivity contribution in [2.45, 2.75) is 0 Å². The molecule has 0 atom stereocenters. The zero-order valence-electron chi connectivity index (χ0n) is 5.75. The fourth-order valence-electron chi connectivity index (χ4n) is 0.353. The molecule has 0 aliphatic carbocycles. The van der Waals surface area contributed by atoms with Gasteiger partial charge in [0, 0.05) is 12.6 Å². The second-order valence-electron chi connectivity index (χ2n) is 1.54. The fraction of sp³-hybridized carbons (Fsp3) is 0.286. The second kappa shape index (κ2) is 6.04. The summed E-state index contributed by atoms with van der Waals surface area (Å²) in [4.78, 5) is 10.4. The number of nitrogens with two attached hydrogens (primary N) is 1. The summed E-state index contributed by atoms with van der Waals surface area (Å²) in [6, 6.07) is 0. The average molecular weight is 141 g/mol. The Hall–Kier alpha value is -1.09. The molecule has 56 valence electrons. The maximum atomic E-state index is 10.4. The molecule has 0 aliphatic rings. The van der Waals surface area contributed by atoms with Crippen molar-refractivity contribution in [3.8, 4) is 0 Å².